The van der Waals surface area contributed by atoms with E-state index < -0.39 is 0 Å². The summed E-state index contributed by atoms with van der Waals surface area (Å²) in [4.78, 5) is 0. The van der Waals surface area contributed by atoms with Crippen LogP contribution in [0, 0.1) is 17.2 Å². The largest absolute Gasteiger partial charge is 0.310 e. The van der Waals surface area contributed by atoms with Crippen molar-refractivity contribution >= 4 is 0 Å². The maximum atomic E-state index is 8.69. The van der Waals surface area contributed by atoms with Crippen molar-refractivity contribution in [2.75, 3.05) is 0 Å². The lowest BCUT2D eigenvalue weighted by atomic mass is 10.1. The molecule has 0 bridgehead atoms. The second-order valence-corrected chi connectivity index (χ2v) is 4.77. The minimum atomic E-state index is 0.600. The van der Waals surface area contributed by atoms with E-state index in [1.54, 1.807) is 0 Å². The Balaban J connectivity index is 1.77. The molecule has 1 aliphatic carbocycles. The van der Waals surface area contributed by atoms with E-state index in [2.05, 4.69) is 18.3 Å². The van der Waals surface area contributed by atoms with Crippen molar-refractivity contribution in [3.05, 3.63) is 35.4 Å². The van der Waals surface area contributed by atoms with Crippen molar-refractivity contribution in [3.8, 4) is 6.07 Å². The number of hydrogen-bond acceptors (Lipinski definition) is 2. The summed E-state index contributed by atoms with van der Waals surface area (Å²) in [7, 11) is 0. The molecule has 1 aromatic carbocycles. The summed E-state index contributed by atoms with van der Waals surface area (Å²) < 4.78 is 0. The predicted octanol–water partition coefficient (Wildman–Crippen LogP) is 2.84. The first-order valence-corrected chi connectivity index (χ1v) is 6.00. The van der Waals surface area contributed by atoms with E-state index in [0.29, 0.717) is 6.04 Å². The van der Waals surface area contributed by atoms with E-state index >= 15 is 0 Å². The second kappa shape index (κ2) is 5.14. The van der Waals surface area contributed by atoms with Gasteiger partial charge in [0, 0.05) is 12.6 Å². The van der Waals surface area contributed by atoms with Gasteiger partial charge < -0.3 is 5.32 Å². The molecule has 84 valence electrons. The van der Waals surface area contributed by atoms with Gasteiger partial charge >= 0.3 is 0 Å². The van der Waals surface area contributed by atoms with Crippen LogP contribution in [0.1, 0.15) is 37.3 Å². The molecule has 0 heterocycles. The lowest BCUT2D eigenvalue weighted by molar-refractivity contribution is 0.487. The quantitative estimate of drug-likeness (QED) is 0.818. The monoisotopic (exact) mass is 214 g/mol. The average molecular weight is 214 g/mol. The molecular formula is C14H18N2. The third-order valence-electron chi connectivity index (χ3n) is 3.12. The SMILES string of the molecule is CC(CC1CC1)NCc1ccc(C#N)cc1. The van der Waals surface area contributed by atoms with E-state index in [1.165, 1.54) is 24.8 Å². The number of nitrogens with one attached hydrogen (secondary N) is 1. The Kier molecular flexibility index (Phi) is 3.58. The van der Waals surface area contributed by atoms with Crippen LogP contribution in [0.3, 0.4) is 0 Å². The van der Waals surface area contributed by atoms with Gasteiger partial charge in [-0.2, -0.15) is 5.26 Å². The van der Waals surface area contributed by atoms with Crippen molar-refractivity contribution < 1.29 is 0 Å². The van der Waals surface area contributed by atoms with Gasteiger partial charge in [-0.3, -0.25) is 0 Å². The minimum absolute atomic E-state index is 0.600. The number of rotatable bonds is 5. The van der Waals surface area contributed by atoms with Crippen molar-refractivity contribution in [1.29, 1.82) is 5.26 Å². The van der Waals surface area contributed by atoms with Crippen molar-refractivity contribution in [1.82, 2.24) is 5.32 Å². The Hall–Kier alpha value is -1.33. The molecule has 2 rings (SSSR count). The first-order valence-electron chi connectivity index (χ1n) is 6.00. The topological polar surface area (TPSA) is 35.8 Å². The third-order valence-corrected chi connectivity index (χ3v) is 3.12. The molecule has 0 aromatic heterocycles. The Morgan fingerprint density at radius 2 is 2.06 bits per heavy atom. The van der Waals surface area contributed by atoms with E-state index in [9.17, 15) is 0 Å². The zero-order chi connectivity index (χ0) is 11.4. The molecule has 2 heteroatoms. The molecule has 0 saturated heterocycles. The van der Waals surface area contributed by atoms with E-state index in [-0.39, 0.29) is 0 Å². The molecule has 16 heavy (non-hydrogen) atoms. The highest BCUT2D eigenvalue weighted by Gasteiger charge is 2.23. The zero-order valence-corrected chi connectivity index (χ0v) is 9.74. The van der Waals surface area contributed by atoms with E-state index in [4.69, 9.17) is 5.26 Å². The summed E-state index contributed by atoms with van der Waals surface area (Å²) in [6, 6.07) is 10.5. The summed E-state index contributed by atoms with van der Waals surface area (Å²) >= 11 is 0. The maximum Gasteiger partial charge on any atom is 0.0991 e. The van der Waals surface area contributed by atoms with Crippen molar-refractivity contribution in [3.63, 3.8) is 0 Å². The average Bonchev–Trinajstić information content (AvgIpc) is 3.11. The van der Waals surface area contributed by atoms with Gasteiger partial charge in [0.05, 0.1) is 11.6 Å². The lowest BCUT2D eigenvalue weighted by Crippen LogP contribution is -2.25. The Morgan fingerprint density at radius 3 is 2.62 bits per heavy atom. The van der Waals surface area contributed by atoms with Crippen LogP contribution in [0.2, 0.25) is 0 Å². The Labute approximate surface area is 97.3 Å². The third kappa shape index (κ3) is 3.36. The fourth-order valence-electron chi connectivity index (χ4n) is 1.93. The minimum Gasteiger partial charge on any atom is -0.310 e. The van der Waals surface area contributed by atoms with Crippen LogP contribution in [0.25, 0.3) is 0 Å². The van der Waals surface area contributed by atoms with Crippen LogP contribution in [-0.2, 0) is 6.54 Å². The van der Waals surface area contributed by atoms with E-state index in [0.717, 1.165) is 18.0 Å². The van der Waals surface area contributed by atoms with Gasteiger partial charge in [-0.25, -0.2) is 0 Å². The van der Waals surface area contributed by atoms with Crippen LogP contribution in [0.4, 0.5) is 0 Å². The molecule has 1 fully saturated rings. The van der Waals surface area contributed by atoms with Crippen molar-refractivity contribution in [2.24, 2.45) is 5.92 Å². The number of benzene rings is 1. The number of nitriles is 1. The number of hydrogen-bond donors (Lipinski definition) is 1. The highest BCUT2D eigenvalue weighted by atomic mass is 14.9. The summed E-state index contributed by atoms with van der Waals surface area (Å²) in [6.45, 7) is 3.15. The molecule has 1 atom stereocenters. The van der Waals surface area contributed by atoms with Crippen LogP contribution in [0.15, 0.2) is 24.3 Å². The molecule has 0 spiro atoms. The van der Waals surface area contributed by atoms with Gasteiger partial charge in [0.1, 0.15) is 0 Å². The zero-order valence-electron chi connectivity index (χ0n) is 9.74. The van der Waals surface area contributed by atoms with Gasteiger partial charge in [-0.15, -0.1) is 0 Å². The molecule has 0 aliphatic heterocycles. The van der Waals surface area contributed by atoms with Crippen LogP contribution >= 0.6 is 0 Å². The molecular weight excluding hydrogens is 196 g/mol. The van der Waals surface area contributed by atoms with Crippen LogP contribution in [0.5, 0.6) is 0 Å². The molecule has 0 amide bonds. The number of nitrogens with zero attached hydrogens (tertiary/aromatic N) is 1. The van der Waals surface area contributed by atoms with Gasteiger partial charge in [0.2, 0.25) is 0 Å². The second-order valence-electron chi connectivity index (χ2n) is 4.77. The fraction of sp³-hybridized carbons (Fsp3) is 0.500. The molecule has 2 nitrogen and oxygen atoms in total. The highest BCUT2D eigenvalue weighted by molar-refractivity contribution is 5.31. The molecule has 1 N–H and O–H groups in total. The molecule has 1 unspecified atom stereocenters. The van der Waals surface area contributed by atoms with Crippen LogP contribution in [-0.4, -0.2) is 6.04 Å². The molecule has 1 saturated carbocycles. The summed E-state index contributed by atoms with van der Waals surface area (Å²) in [6.07, 6.45) is 4.14. The molecule has 1 aromatic rings. The van der Waals surface area contributed by atoms with E-state index in [1.807, 2.05) is 24.3 Å². The van der Waals surface area contributed by atoms with Gasteiger partial charge in [0.25, 0.3) is 0 Å². The molecule has 0 radical (unpaired) electrons. The van der Waals surface area contributed by atoms with Crippen LogP contribution < -0.4 is 5.32 Å². The maximum absolute atomic E-state index is 8.69. The predicted molar refractivity (Wildman–Crippen MR) is 64.8 cm³/mol. The first kappa shape index (κ1) is 11.2. The molecule has 1 aliphatic rings. The summed E-state index contributed by atoms with van der Waals surface area (Å²) in [5.74, 6) is 0.975. The summed E-state index contributed by atoms with van der Waals surface area (Å²) in [5.41, 5.74) is 1.98. The Morgan fingerprint density at radius 1 is 1.38 bits per heavy atom. The normalized spacial score (nSPS) is 16.8. The fourth-order valence-corrected chi connectivity index (χ4v) is 1.93. The standard InChI is InChI=1S/C14H18N2/c1-11(8-12-2-3-12)16-10-14-6-4-13(9-15)5-7-14/h4-7,11-12,16H,2-3,8,10H2,1H3. The smallest absolute Gasteiger partial charge is 0.0991 e. The summed E-state index contributed by atoms with van der Waals surface area (Å²) in [5, 5.41) is 12.2. The first-order chi connectivity index (χ1) is 7.78. The van der Waals surface area contributed by atoms with Gasteiger partial charge in [0.15, 0.2) is 0 Å². The Bertz CT molecular complexity index is 371. The van der Waals surface area contributed by atoms with Gasteiger partial charge in [-0.1, -0.05) is 25.0 Å². The lowest BCUT2D eigenvalue weighted by Gasteiger charge is -2.13. The van der Waals surface area contributed by atoms with Gasteiger partial charge in [-0.05, 0) is 37.0 Å². The van der Waals surface area contributed by atoms with Crippen molar-refractivity contribution in [2.45, 2.75) is 38.8 Å². The highest BCUT2D eigenvalue weighted by Crippen LogP contribution is 2.33.